The third-order valence-corrected chi connectivity index (χ3v) is 3.42. The van der Waals surface area contributed by atoms with Gasteiger partial charge in [0.05, 0.1) is 0 Å². The molecule has 0 fully saturated rings. The lowest BCUT2D eigenvalue weighted by atomic mass is 9.79. The van der Waals surface area contributed by atoms with E-state index in [4.69, 9.17) is 4.65 Å². The number of unbranched alkanes of at least 4 members (excludes halogenated alkanes) is 4. The summed E-state index contributed by atoms with van der Waals surface area (Å²) in [7, 11) is -0.788. The Bertz CT molecular complexity index is 316. The third kappa shape index (κ3) is 7.39. The van der Waals surface area contributed by atoms with Crippen LogP contribution in [-0.2, 0) is 4.65 Å². The summed E-state index contributed by atoms with van der Waals surface area (Å²) in [4.78, 5) is 0. The summed E-state index contributed by atoms with van der Waals surface area (Å²) in [5, 5.41) is 9.89. The minimum atomic E-state index is -0.788. The summed E-state index contributed by atoms with van der Waals surface area (Å²) in [5.74, 6) is 0.514. The van der Waals surface area contributed by atoms with E-state index in [-0.39, 0.29) is 0 Å². The lowest BCUT2D eigenvalue weighted by Gasteiger charge is -2.14. The van der Waals surface area contributed by atoms with Crippen molar-refractivity contribution in [1.29, 1.82) is 0 Å². The predicted molar refractivity (Wildman–Crippen MR) is 82.5 cm³/mol. The van der Waals surface area contributed by atoms with Gasteiger partial charge in [-0.3, -0.25) is 0 Å². The molecule has 1 N–H and O–H groups in total. The second kappa shape index (κ2) is 10.0. The highest BCUT2D eigenvalue weighted by Gasteiger charge is 2.16. The molecule has 0 aromatic heterocycles. The molecule has 0 radical (unpaired) electrons. The lowest BCUT2D eigenvalue weighted by Crippen LogP contribution is -2.34. The van der Waals surface area contributed by atoms with Crippen LogP contribution in [0.1, 0.15) is 52.4 Å². The summed E-state index contributed by atoms with van der Waals surface area (Å²) in [6.07, 6.45) is 7.76. The van der Waals surface area contributed by atoms with Gasteiger partial charge in [-0.25, -0.2) is 0 Å². The van der Waals surface area contributed by atoms with Gasteiger partial charge in [0, 0.05) is 6.61 Å². The summed E-state index contributed by atoms with van der Waals surface area (Å²) < 4.78 is 5.52. The number of rotatable bonds is 10. The molecule has 0 saturated heterocycles. The zero-order chi connectivity index (χ0) is 13.9. The summed E-state index contributed by atoms with van der Waals surface area (Å²) in [6, 6.07) is 9.55. The zero-order valence-corrected chi connectivity index (χ0v) is 12.3. The van der Waals surface area contributed by atoms with E-state index in [9.17, 15) is 5.02 Å². The molecule has 0 heterocycles. The summed E-state index contributed by atoms with van der Waals surface area (Å²) in [5.41, 5.74) is 0.831. The van der Waals surface area contributed by atoms with Crippen LogP contribution < -0.4 is 5.46 Å². The third-order valence-electron chi connectivity index (χ3n) is 3.42. The highest BCUT2D eigenvalue weighted by molar-refractivity contribution is 6.59. The van der Waals surface area contributed by atoms with Gasteiger partial charge >= 0.3 is 7.12 Å². The standard InChI is InChI=1S/C16H27BO2/c1-3-4-5-6-8-11-15(2)14-19-17(18)16-12-9-7-10-13-16/h7,9-10,12-13,15,18H,3-6,8,11,14H2,1-2H3. The van der Waals surface area contributed by atoms with Crippen molar-refractivity contribution < 1.29 is 9.68 Å². The van der Waals surface area contributed by atoms with Crippen LogP contribution in [0.3, 0.4) is 0 Å². The van der Waals surface area contributed by atoms with E-state index in [1.54, 1.807) is 0 Å². The molecule has 0 aliphatic heterocycles. The Balaban J connectivity index is 2.11. The molecular formula is C16H27BO2. The smallest absolute Gasteiger partial charge is 0.423 e. The largest absolute Gasteiger partial charge is 0.491 e. The molecule has 1 unspecified atom stereocenters. The highest BCUT2D eigenvalue weighted by Crippen LogP contribution is 2.11. The maximum Gasteiger partial charge on any atom is 0.491 e. The Morgan fingerprint density at radius 2 is 1.79 bits per heavy atom. The van der Waals surface area contributed by atoms with Gasteiger partial charge in [0.15, 0.2) is 0 Å². The van der Waals surface area contributed by atoms with Crippen LogP contribution >= 0.6 is 0 Å². The molecule has 0 aliphatic rings. The first-order valence-electron chi connectivity index (χ1n) is 7.58. The maximum atomic E-state index is 9.89. The molecule has 1 atom stereocenters. The van der Waals surface area contributed by atoms with E-state index >= 15 is 0 Å². The van der Waals surface area contributed by atoms with Crippen molar-refractivity contribution in [3.05, 3.63) is 30.3 Å². The summed E-state index contributed by atoms with van der Waals surface area (Å²) in [6.45, 7) is 5.06. The zero-order valence-electron chi connectivity index (χ0n) is 12.3. The Kier molecular flexibility index (Phi) is 8.60. The molecule has 1 aromatic rings. The number of benzene rings is 1. The van der Waals surface area contributed by atoms with Crippen LogP contribution in [-0.4, -0.2) is 18.7 Å². The fourth-order valence-electron chi connectivity index (χ4n) is 2.15. The lowest BCUT2D eigenvalue weighted by molar-refractivity contribution is 0.218. The average Bonchev–Trinajstić information content (AvgIpc) is 2.45. The van der Waals surface area contributed by atoms with Crippen LogP contribution in [0, 0.1) is 5.92 Å². The molecular weight excluding hydrogens is 235 g/mol. The number of hydrogen-bond donors (Lipinski definition) is 1. The Morgan fingerprint density at radius 3 is 2.47 bits per heavy atom. The van der Waals surface area contributed by atoms with Crippen molar-refractivity contribution >= 4 is 12.6 Å². The van der Waals surface area contributed by atoms with Gasteiger partial charge in [0.2, 0.25) is 0 Å². The Hall–Kier alpha value is -0.795. The van der Waals surface area contributed by atoms with Crippen LogP contribution in [0.5, 0.6) is 0 Å². The monoisotopic (exact) mass is 262 g/mol. The van der Waals surface area contributed by atoms with E-state index in [1.165, 1.54) is 38.5 Å². The molecule has 2 nitrogen and oxygen atoms in total. The van der Waals surface area contributed by atoms with Gasteiger partial charge in [-0.15, -0.1) is 0 Å². The summed E-state index contributed by atoms with van der Waals surface area (Å²) >= 11 is 0. The van der Waals surface area contributed by atoms with E-state index in [0.29, 0.717) is 12.5 Å². The Labute approximate surface area is 118 Å². The molecule has 106 valence electrons. The van der Waals surface area contributed by atoms with Crippen molar-refractivity contribution in [1.82, 2.24) is 0 Å². The minimum absolute atomic E-state index is 0.514. The molecule has 0 saturated carbocycles. The van der Waals surface area contributed by atoms with Gasteiger partial charge in [-0.05, 0) is 17.8 Å². The molecule has 0 bridgehead atoms. The van der Waals surface area contributed by atoms with Gasteiger partial charge in [0.1, 0.15) is 0 Å². The molecule has 19 heavy (non-hydrogen) atoms. The van der Waals surface area contributed by atoms with E-state index in [2.05, 4.69) is 13.8 Å². The predicted octanol–water partition coefficient (Wildman–Crippen LogP) is 3.39. The van der Waals surface area contributed by atoms with Crippen LogP contribution in [0.15, 0.2) is 30.3 Å². The fourth-order valence-corrected chi connectivity index (χ4v) is 2.15. The first kappa shape index (κ1) is 16.3. The van der Waals surface area contributed by atoms with Crippen LogP contribution in [0.4, 0.5) is 0 Å². The minimum Gasteiger partial charge on any atom is -0.423 e. The quantitative estimate of drug-likeness (QED) is 0.517. The molecule has 0 amide bonds. The number of hydrogen-bond acceptors (Lipinski definition) is 2. The second-order valence-corrected chi connectivity index (χ2v) is 5.40. The topological polar surface area (TPSA) is 29.5 Å². The molecule has 1 rings (SSSR count). The second-order valence-electron chi connectivity index (χ2n) is 5.40. The van der Waals surface area contributed by atoms with Crippen molar-refractivity contribution in [2.24, 2.45) is 5.92 Å². The van der Waals surface area contributed by atoms with Gasteiger partial charge < -0.3 is 9.68 Å². The normalized spacial score (nSPS) is 12.4. The van der Waals surface area contributed by atoms with Crippen LogP contribution in [0.2, 0.25) is 0 Å². The van der Waals surface area contributed by atoms with Crippen molar-refractivity contribution in [3.63, 3.8) is 0 Å². The molecule has 0 spiro atoms. The SMILES string of the molecule is CCCCCCCC(C)COB(O)c1ccccc1. The average molecular weight is 262 g/mol. The van der Waals surface area contributed by atoms with Gasteiger partial charge in [0.25, 0.3) is 0 Å². The highest BCUT2D eigenvalue weighted by atomic mass is 16.5. The first-order valence-corrected chi connectivity index (χ1v) is 7.58. The fraction of sp³-hybridized carbons (Fsp3) is 0.625. The van der Waals surface area contributed by atoms with Gasteiger partial charge in [-0.1, -0.05) is 76.3 Å². The maximum absolute atomic E-state index is 9.89. The van der Waals surface area contributed by atoms with Crippen molar-refractivity contribution in [2.45, 2.75) is 52.4 Å². The van der Waals surface area contributed by atoms with Crippen molar-refractivity contribution in [2.75, 3.05) is 6.61 Å². The van der Waals surface area contributed by atoms with Crippen LogP contribution in [0.25, 0.3) is 0 Å². The van der Waals surface area contributed by atoms with E-state index in [0.717, 1.165) is 5.46 Å². The van der Waals surface area contributed by atoms with E-state index < -0.39 is 7.12 Å². The molecule has 1 aromatic carbocycles. The first-order chi connectivity index (χ1) is 9.24. The van der Waals surface area contributed by atoms with Crippen molar-refractivity contribution in [3.8, 4) is 0 Å². The van der Waals surface area contributed by atoms with Gasteiger partial charge in [-0.2, -0.15) is 0 Å². The molecule has 3 heteroatoms. The van der Waals surface area contributed by atoms with E-state index in [1.807, 2.05) is 30.3 Å². The Morgan fingerprint density at radius 1 is 1.11 bits per heavy atom. The molecule has 0 aliphatic carbocycles.